The Balaban J connectivity index is 2.03. The van der Waals surface area contributed by atoms with Gasteiger partial charge < -0.3 is 4.79 Å². The maximum absolute atomic E-state index is 13.5. The van der Waals surface area contributed by atoms with Crippen molar-refractivity contribution in [2.75, 3.05) is 19.6 Å². The molecule has 2 rings (SSSR count). The van der Waals surface area contributed by atoms with Gasteiger partial charge in [-0.25, -0.2) is 8.78 Å². The number of benzene rings is 1. The molecule has 3 nitrogen and oxygen atoms in total. The number of Topliss-reactive ketones (excluding diaryl/α,β-unsaturated/α-hetero) is 1. The molecular formula is C14H15F2NO2. The molecule has 1 fully saturated rings. The van der Waals surface area contributed by atoms with Crippen LogP contribution in [-0.4, -0.2) is 36.6 Å². The van der Waals surface area contributed by atoms with Gasteiger partial charge in [-0.05, 0) is 38.1 Å². The summed E-state index contributed by atoms with van der Waals surface area (Å²) in [5.41, 5.74) is -0.0461. The summed E-state index contributed by atoms with van der Waals surface area (Å²) >= 11 is 0. The van der Waals surface area contributed by atoms with Gasteiger partial charge in [-0.2, -0.15) is 0 Å². The summed E-state index contributed by atoms with van der Waals surface area (Å²) in [6.07, 6.45) is 2.04. The van der Waals surface area contributed by atoms with Crippen molar-refractivity contribution in [1.82, 2.24) is 4.90 Å². The molecule has 0 spiro atoms. The second-order valence-electron chi connectivity index (χ2n) is 4.73. The summed E-state index contributed by atoms with van der Waals surface area (Å²) in [7, 11) is 0. The number of piperidine rings is 1. The van der Waals surface area contributed by atoms with Crippen molar-refractivity contribution in [3.63, 3.8) is 0 Å². The minimum Gasteiger partial charge on any atom is -0.302 e. The van der Waals surface area contributed by atoms with E-state index in [0.29, 0.717) is 32.5 Å². The van der Waals surface area contributed by atoms with Crippen molar-refractivity contribution < 1.29 is 18.4 Å². The van der Waals surface area contributed by atoms with Gasteiger partial charge in [0.1, 0.15) is 17.9 Å². The standard InChI is InChI=1S/C14H15F2NO2/c15-11-1-2-12(13(16)9-11)14(19)10-3-5-17(6-4-10)7-8-18/h1-2,8-10H,3-7H2. The molecule has 0 saturated carbocycles. The molecule has 1 aromatic rings. The summed E-state index contributed by atoms with van der Waals surface area (Å²) in [6, 6.07) is 3.03. The Labute approximate surface area is 110 Å². The first-order valence-corrected chi connectivity index (χ1v) is 6.27. The molecule has 5 heteroatoms. The lowest BCUT2D eigenvalue weighted by Crippen LogP contribution is -2.37. The number of hydrogen-bond acceptors (Lipinski definition) is 3. The van der Waals surface area contributed by atoms with E-state index in [-0.39, 0.29) is 17.3 Å². The molecule has 0 aromatic heterocycles. The molecule has 102 valence electrons. The lowest BCUT2D eigenvalue weighted by molar-refractivity contribution is -0.109. The second kappa shape index (κ2) is 6.02. The van der Waals surface area contributed by atoms with Crippen LogP contribution in [0, 0.1) is 17.6 Å². The van der Waals surface area contributed by atoms with E-state index in [2.05, 4.69) is 0 Å². The average molecular weight is 267 g/mol. The predicted molar refractivity (Wildman–Crippen MR) is 65.9 cm³/mol. The van der Waals surface area contributed by atoms with Crippen molar-refractivity contribution >= 4 is 12.1 Å². The third-order valence-electron chi connectivity index (χ3n) is 3.49. The van der Waals surface area contributed by atoms with E-state index in [9.17, 15) is 18.4 Å². The molecule has 0 atom stereocenters. The first-order chi connectivity index (χ1) is 9.11. The minimum absolute atomic E-state index is 0.0461. The summed E-state index contributed by atoms with van der Waals surface area (Å²) < 4.78 is 26.3. The first-order valence-electron chi connectivity index (χ1n) is 6.27. The lowest BCUT2D eigenvalue weighted by atomic mass is 9.88. The van der Waals surface area contributed by atoms with Gasteiger partial charge in [0.15, 0.2) is 5.78 Å². The van der Waals surface area contributed by atoms with Gasteiger partial charge in [-0.1, -0.05) is 0 Å². The van der Waals surface area contributed by atoms with Crippen molar-refractivity contribution in [2.45, 2.75) is 12.8 Å². The number of hydrogen-bond donors (Lipinski definition) is 0. The molecule has 0 bridgehead atoms. The topological polar surface area (TPSA) is 37.4 Å². The molecule has 0 radical (unpaired) electrons. The van der Waals surface area contributed by atoms with Crippen LogP contribution >= 0.6 is 0 Å². The van der Waals surface area contributed by atoms with Crippen LogP contribution in [0.25, 0.3) is 0 Å². The Morgan fingerprint density at radius 2 is 2.00 bits per heavy atom. The van der Waals surface area contributed by atoms with Crippen LogP contribution in [0.15, 0.2) is 18.2 Å². The Morgan fingerprint density at radius 1 is 1.32 bits per heavy atom. The Bertz CT molecular complexity index is 482. The number of aldehydes is 1. The van der Waals surface area contributed by atoms with Crippen LogP contribution < -0.4 is 0 Å². The number of halogens is 2. The maximum atomic E-state index is 13.5. The molecule has 1 aromatic carbocycles. The molecule has 0 N–H and O–H groups in total. The first kappa shape index (κ1) is 13.8. The zero-order valence-corrected chi connectivity index (χ0v) is 10.4. The van der Waals surface area contributed by atoms with E-state index < -0.39 is 11.6 Å². The maximum Gasteiger partial charge on any atom is 0.168 e. The Kier molecular flexibility index (Phi) is 4.37. The van der Waals surface area contributed by atoms with Gasteiger partial charge in [-0.3, -0.25) is 9.69 Å². The molecule has 19 heavy (non-hydrogen) atoms. The number of likely N-dealkylation sites (tertiary alicyclic amines) is 1. The highest BCUT2D eigenvalue weighted by atomic mass is 19.1. The van der Waals surface area contributed by atoms with Crippen LogP contribution in [0.2, 0.25) is 0 Å². The zero-order valence-electron chi connectivity index (χ0n) is 10.4. The van der Waals surface area contributed by atoms with Gasteiger partial charge in [0.05, 0.1) is 12.1 Å². The van der Waals surface area contributed by atoms with Crippen LogP contribution in [0.4, 0.5) is 8.78 Å². The van der Waals surface area contributed by atoms with Crippen molar-refractivity contribution in [2.24, 2.45) is 5.92 Å². The van der Waals surface area contributed by atoms with Crippen LogP contribution in [-0.2, 0) is 4.79 Å². The van der Waals surface area contributed by atoms with Crippen LogP contribution in [0.5, 0.6) is 0 Å². The molecule has 1 saturated heterocycles. The van der Waals surface area contributed by atoms with E-state index in [1.165, 1.54) is 6.07 Å². The third kappa shape index (κ3) is 3.23. The molecule has 0 amide bonds. The lowest BCUT2D eigenvalue weighted by Gasteiger charge is -2.29. The molecule has 1 aliphatic rings. The summed E-state index contributed by atoms with van der Waals surface area (Å²) in [6.45, 7) is 1.67. The van der Waals surface area contributed by atoms with Crippen LogP contribution in [0.1, 0.15) is 23.2 Å². The monoisotopic (exact) mass is 267 g/mol. The smallest absolute Gasteiger partial charge is 0.168 e. The normalized spacial score (nSPS) is 17.4. The zero-order chi connectivity index (χ0) is 13.8. The Hall–Kier alpha value is -1.62. The highest BCUT2D eigenvalue weighted by Crippen LogP contribution is 2.23. The molecule has 1 heterocycles. The fourth-order valence-corrected chi connectivity index (χ4v) is 2.39. The average Bonchev–Trinajstić information content (AvgIpc) is 2.39. The third-order valence-corrected chi connectivity index (χ3v) is 3.49. The quantitative estimate of drug-likeness (QED) is 0.619. The van der Waals surface area contributed by atoms with E-state index in [0.717, 1.165) is 18.4 Å². The minimum atomic E-state index is -0.805. The summed E-state index contributed by atoms with van der Waals surface area (Å²) in [5, 5.41) is 0. The van der Waals surface area contributed by atoms with Gasteiger partial charge in [-0.15, -0.1) is 0 Å². The van der Waals surface area contributed by atoms with E-state index in [1.54, 1.807) is 0 Å². The summed E-state index contributed by atoms with van der Waals surface area (Å²) in [4.78, 5) is 24.5. The second-order valence-corrected chi connectivity index (χ2v) is 4.73. The largest absolute Gasteiger partial charge is 0.302 e. The highest BCUT2D eigenvalue weighted by molar-refractivity contribution is 5.98. The molecular weight excluding hydrogens is 252 g/mol. The van der Waals surface area contributed by atoms with Crippen LogP contribution in [0.3, 0.4) is 0 Å². The molecule has 0 aliphatic carbocycles. The van der Waals surface area contributed by atoms with E-state index >= 15 is 0 Å². The number of rotatable bonds is 4. The Morgan fingerprint density at radius 3 is 2.58 bits per heavy atom. The summed E-state index contributed by atoms with van der Waals surface area (Å²) in [5.74, 6) is -2.01. The molecule has 0 unspecified atom stereocenters. The van der Waals surface area contributed by atoms with Gasteiger partial charge in [0.25, 0.3) is 0 Å². The highest BCUT2D eigenvalue weighted by Gasteiger charge is 2.27. The van der Waals surface area contributed by atoms with Crippen molar-refractivity contribution in [1.29, 1.82) is 0 Å². The number of carbonyl (C=O) groups excluding carboxylic acids is 2. The number of ketones is 1. The van der Waals surface area contributed by atoms with Gasteiger partial charge in [0.2, 0.25) is 0 Å². The van der Waals surface area contributed by atoms with Gasteiger partial charge in [0, 0.05) is 12.0 Å². The SMILES string of the molecule is O=CCN1CCC(C(=O)c2ccc(F)cc2F)CC1. The predicted octanol–water partition coefficient (Wildman–Crippen LogP) is 2.06. The van der Waals surface area contributed by atoms with Crippen molar-refractivity contribution in [3.8, 4) is 0 Å². The van der Waals surface area contributed by atoms with E-state index in [1.807, 2.05) is 4.90 Å². The van der Waals surface area contributed by atoms with E-state index in [4.69, 9.17) is 0 Å². The van der Waals surface area contributed by atoms with Crippen molar-refractivity contribution in [3.05, 3.63) is 35.4 Å². The fraction of sp³-hybridized carbons (Fsp3) is 0.429. The number of nitrogens with zero attached hydrogens (tertiary/aromatic N) is 1. The van der Waals surface area contributed by atoms with Gasteiger partial charge >= 0.3 is 0 Å². The fourth-order valence-electron chi connectivity index (χ4n) is 2.39. The molecule has 1 aliphatic heterocycles. The number of carbonyl (C=O) groups is 2.